The van der Waals surface area contributed by atoms with E-state index < -0.39 is 0 Å². The first-order chi connectivity index (χ1) is 25.5. The zero-order valence-corrected chi connectivity index (χ0v) is 28.8. The van der Waals surface area contributed by atoms with Gasteiger partial charge in [0.25, 0.3) is 0 Å². The van der Waals surface area contributed by atoms with Crippen LogP contribution in [0.4, 0.5) is 0 Å². The lowest BCUT2D eigenvalue weighted by molar-refractivity contribution is 0.658. The molecular weight excluding hydrogens is 635 g/mol. The number of hydrogen-bond donors (Lipinski definition) is 0. The Morgan fingerprint density at radius 1 is 0.481 bits per heavy atom. The second kappa shape index (κ2) is 11.7. The molecule has 5 nitrogen and oxygen atoms in total. The second-order valence-electron chi connectivity index (χ2n) is 13.9. The zero-order valence-electron chi connectivity index (χ0n) is 28.8. The molecule has 4 aromatic heterocycles. The monoisotopic (exact) mass is 667 g/mol. The van der Waals surface area contributed by atoms with Gasteiger partial charge in [0.15, 0.2) is 5.82 Å². The summed E-state index contributed by atoms with van der Waals surface area (Å²) in [7, 11) is 0. The highest BCUT2D eigenvalue weighted by atomic mass is 15.0. The average molecular weight is 668 g/mol. The van der Waals surface area contributed by atoms with E-state index in [-0.39, 0.29) is 5.41 Å². The maximum absolute atomic E-state index is 5.53. The van der Waals surface area contributed by atoms with E-state index in [9.17, 15) is 0 Å². The summed E-state index contributed by atoms with van der Waals surface area (Å²) < 4.78 is 2.35. The molecule has 0 aliphatic heterocycles. The maximum Gasteiger partial charge on any atom is 0.160 e. The summed E-state index contributed by atoms with van der Waals surface area (Å²) in [4.78, 5) is 20.4. The van der Waals surface area contributed by atoms with Gasteiger partial charge in [-0.2, -0.15) is 0 Å². The lowest BCUT2D eigenvalue weighted by Crippen LogP contribution is -2.17. The molecule has 0 radical (unpaired) electrons. The van der Waals surface area contributed by atoms with Crippen LogP contribution in [0, 0.1) is 0 Å². The van der Waals surface area contributed by atoms with Gasteiger partial charge < -0.3 is 4.57 Å². The molecule has 1 aliphatic rings. The van der Waals surface area contributed by atoms with Crippen molar-refractivity contribution in [3.63, 3.8) is 0 Å². The molecule has 52 heavy (non-hydrogen) atoms. The largest absolute Gasteiger partial charge is 0.309 e. The van der Waals surface area contributed by atoms with Crippen molar-refractivity contribution in [3.8, 4) is 62.1 Å². The molecule has 10 rings (SSSR count). The van der Waals surface area contributed by atoms with Crippen LogP contribution in [0.5, 0.6) is 0 Å². The summed E-state index contributed by atoms with van der Waals surface area (Å²) in [6.45, 7) is 4.59. The van der Waals surface area contributed by atoms with Crippen LogP contribution in [0.3, 0.4) is 0 Å². The van der Waals surface area contributed by atoms with E-state index >= 15 is 0 Å². The minimum absolute atomic E-state index is 0.304. The molecule has 0 saturated carbocycles. The fourth-order valence-corrected chi connectivity index (χ4v) is 8.05. The Morgan fingerprint density at radius 2 is 1.10 bits per heavy atom. The molecule has 0 fully saturated rings. The van der Waals surface area contributed by atoms with Crippen molar-refractivity contribution in [1.29, 1.82) is 0 Å². The molecule has 0 bridgehead atoms. The number of fused-ring (bicyclic) bond motifs is 6. The van der Waals surface area contributed by atoms with Crippen molar-refractivity contribution in [2.45, 2.75) is 19.3 Å². The van der Waals surface area contributed by atoms with Crippen molar-refractivity contribution in [2.24, 2.45) is 0 Å². The Labute approximate surface area is 302 Å². The first-order valence-electron chi connectivity index (χ1n) is 17.6. The predicted octanol–water partition coefficient (Wildman–Crippen LogP) is 11.3. The van der Waals surface area contributed by atoms with Gasteiger partial charge in [-0.3, -0.25) is 9.97 Å². The molecule has 5 heteroatoms. The van der Waals surface area contributed by atoms with Crippen LogP contribution in [0.2, 0.25) is 0 Å². The number of nitrogens with zero attached hydrogens (tertiary/aromatic N) is 5. The standard InChI is InChI=1S/C47H33N5/c1-47(2)38-18-8-6-17-36(38)45-43(47)44(30-22-23-42-37(29-30)35-16-7-9-21-41(35)52(42)34-14-4-3-5-15-34)50-46(51-45)33-27-31(39-19-10-12-24-48-39)26-32(28-33)40-20-11-13-25-49-40/h3-29H,1-2H3. The van der Waals surface area contributed by atoms with Crippen LogP contribution in [0.15, 0.2) is 164 Å². The molecule has 4 heterocycles. The molecule has 0 spiro atoms. The molecule has 246 valence electrons. The highest BCUT2D eigenvalue weighted by Crippen LogP contribution is 2.52. The minimum Gasteiger partial charge on any atom is -0.309 e. The normalized spacial score (nSPS) is 13.0. The third kappa shape index (κ3) is 4.70. The van der Waals surface area contributed by atoms with E-state index in [0.29, 0.717) is 5.82 Å². The van der Waals surface area contributed by atoms with Crippen molar-refractivity contribution in [2.75, 3.05) is 0 Å². The molecule has 9 aromatic rings. The SMILES string of the molecule is CC1(C)c2ccccc2-c2nc(-c3cc(-c4ccccn4)cc(-c4ccccn4)c3)nc(-c3ccc4c(c3)c3ccccc3n4-c3ccccc3)c21. The number of benzene rings is 5. The summed E-state index contributed by atoms with van der Waals surface area (Å²) in [5, 5.41) is 2.40. The van der Waals surface area contributed by atoms with Crippen LogP contribution in [0.1, 0.15) is 25.0 Å². The van der Waals surface area contributed by atoms with E-state index in [0.717, 1.165) is 67.4 Å². The van der Waals surface area contributed by atoms with E-state index in [2.05, 4.69) is 134 Å². The third-order valence-electron chi connectivity index (χ3n) is 10.5. The van der Waals surface area contributed by atoms with Crippen LogP contribution < -0.4 is 0 Å². The smallest absolute Gasteiger partial charge is 0.160 e. The lowest BCUT2D eigenvalue weighted by Gasteiger charge is -2.24. The maximum atomic E-state index is 5.53. The predicted molar refractivity (Wildman–Crippen MR) is 211 cm³/mol. The minimum atomic E-state index is -0.304. The highest BCUT2D eigenvalue weighted by Gasteiger charge is 2.40. The molecule has 0 unspecified atom stereocenters. The summed E-state index contributed by atoms with van der Waals surface area (Å²) in [6, 6.07) is 53.2. The van der Waals surface area contributed by atoms with Crippen molar-refractivity contribution < 1.29 is 0 Å². The number of aromatic nitrogens is 5. The van der Waals surface area contributed by atoms with Gasteiger partial charge >= 0.3 is 0 Å². The quantitative estimate of drug-likeness (QED) is 0.183. The Morgan fingerprint density at radius 3 is 1.83 bits per heavy atom. The molecule has 0 saturated heterocycles. The van der Waals surface area contributed by atoms with Gasteiger partial charge in [0.2, 0.25) is 0 Å². The van der Waals surface area contributed by atoms with Gasteiger partial charge in [-0.1, -0.05) is 92.7 Å². The molecule has 0 amide bonds. The highest BCUT2D eigenvalue weighted by molar-refractivity contribution is 6.10. The first-order valence-corrected chi connectivity index (χ1v) is 17.6. The fraction of sp³-hybridized carbons (Fsp3) is 0.0638. The second-order valence-corrected chi connectivity index (χ2v) is 13.9. The summed E-state index contributed by atoms with van der Waals surface area (Å²) in [5.41, 5.74) is 14.4. The van der Waals surface area contributed by atoms with Crippen molar-refractivity contribution >= 4 is 21.8 Å². The number of rotatable bonds is 5. The van der Waals surface area contributed by atoms with E-state index in [4.69, 9.17) is 19.9 Å². The van der Waals surface area contributed by atoms with Crippen molar-refractivity contribution in [3.05, 3.63) is 175 Å². The Kier molecular flexibility index (Phi) is 6.77. The molecule has 1 aliphatic carbocycles. The molecular formula is C47H33N5. The van der Waals surface area contributed by atoms with Crippen LogP contribution in [-0.4, -0.2) is 24.5 Å². The van der Waals surface area contributed by atoms with Gasteiger partial charge in [0.1, 0.15) is 0 Å². The summed E-state index contributed by atoms with van der Waals surface area (Å²) >= 11 is 0. The van der Waals surface area contributed by atoms with Gasteiger partial charge in [0, 0.05) is 67.6 Å². The average Bonchev–Trinajstić information content (AvgIpc) is 3.66. The Balaban J connectivity index is 1.25. The molecule has 0 atom stereocenters. The summed E-state index contributed by atoms with van der Waals surface area (Å²) in [6.07, 6.45) is 3.66. The van der Waals surface area contributed by atoms with Crippen molar-refractivity contribution in [1.82, 2.24) is 24.5 Å². The van der Waals surface area contributed by atoms with Crippen LogP contribution >= 0.6 is 0 Å². The van der Waals surface area contributed by atoms with Crippen LogP contribution in [-0.2, 0) is 5.41 Å². The molecule has 5 aromatic carbocycles. The number of para-hydroxylation sites is 2. The van der Waals surface area contributed by atoms with Gasteiger partial charge in [0.05, 0.1) is 33.8 Å². The van der Waals surface area contributed by atoms with Gasteiger partial charge in [-0.05, 0) is 78.4 Å². The third-order valence-corrected chi connectivity index (χ3v) is 10.5. The summed E-state index contributed by atoms with van der Waals surface area (Å²) in [5.74, 6) is 0.669. The number of pyridine rings is 2. The van der Waals surface area contributed by atoms with Gasteiger partial charge in [-0.25, -0.2) is 9.97 Å². The topological polar surface area (TPSA) is 56.5 Å². The fourth-order valence-electron chi connectivity index (χ4n) is 8.05. The van der Waals surface area contributed by atoms with E-state index in [1.165, 1.54) is 21.9 Å². The van der Waals surface area contributed by atoms with E-state index in [1.54, 1.807) is 0 Å². The van der Waals surface area contributed by atoms with Gasteiger partial charge in [-0.15, -0.1) is 0 Å². The Hall–Kier alpha value is -6.72. The Bertz CT molecular complexity index is 2750. The molecule has 0 N–H and O–H groups in total. The van der Waals surface area contributed by atoms with Crippen LogP contribution in [0.25, 0.3) is 83.9 Å². The zero-order chi connectivity index (χ0) is 34.8. The number of hydrogen-bond acceptors (Lipinski definition) is 4. The lowest BCUT2D eigenvalue weighted by atomic mass is 9.80. The first kappa shape index (κ1) is 30.1. The van der Waals surface area contributed by atoms with E-state index in [1.807, 2.05) is 48.8 Å².